The minimum atomic E-state index is -1.29. The molecule has 6 nitrogen and oxygen atoms in total. The average Bonchev–Trinajstić information content (AvgIpc) is 2.69. The van der Waals surface area contributed by atoms with E-state index in [0.717, 1.165) is 23.9 Å². The maximum atomic E-state index is 13.2. The monoisotopic (exact) mass is 408 g/mol. The zero-order valence-electron chi connectivity index (χ0n) is 14.9. The summed E-state index contributed by atoms with van der Waals surface area (Å²) in [6.45, 7) is 0. The van der Waals surface area contributed by atoms with E-state index in [1.165, 1.54) is 13.1 Å². The molecule has 2 aromatic carbocycles. The molecule has 0 saturated carbocycles. The van der Waals surface area contributed by atoms with Gasteiger partial charge in [0.25, 0.3) is 5.91 Å². The van der Waals surface area contributed by atoms with Crippen LogP contribution in [0.15, 0.2) is 53.4 Å². The molecule has 3 amide bonds. The van der Waals surface area contributed by atoms with Gasteiger partial charge in [0, 0.05) is 23.3 Å². The predicted molar refractivity (Wildman–Crippen MR) is 99.6 cm³/mol. The number of carbonyl (C=O) groups excluding carboxylic acids is 3. The summed E-state index contributed by atoms with van der Waals surface area (Å²) in [5, 5.41) is 4.32. The Morgan fingerprint density at radius 3 is 2.43 bits per heavy atom. The first-order valence-corrected chi connectivity index (χ1v) is 9.24. The molecular formula is C19H18F2N2O4S. The lowest BCUT2D eigenvalue weighted by atomic mass is 10.1. The van der Waals surface area contributed by atoms with E-state index < -0.39 is 35.6 Å². The zero-order valence-corrected chi connectivity index (χ0v) is 15.7. The van der Waals surface area contributed by atoms with E-state index in [0.29, 0.717) is 10.5 Å². The molecule has 2 rings (SSSR count). The van der Waals surface area contributed by atoms with Crippen molar-refractivity contribution in [1.82, 2.24) is 10.6 Å². The van der Waals surface area contributed by atoms with Crippen LogP contribution in [0.2, 0.25) is 0 Å². The molecule has 0 radical (unpaired) electrons. The standard InChI is InChI=1S/C19H18F2N2O4S/c1-22-19(26)23-18(25)17(12-5-3-2-4-6-12)27-16(24)9-10-28-13-7-8-14(20)15(21)11-13/h2-8,11,17H,9-10H2,1H3,(H2,22,23,25,26)/t17-/m1/s1. The summed E-state index contributed by atoms with van der Waals surface area (Å²) in [6, 6.07) is 11.0. The van der Waals surface area contributed by atoms with Crippen molar-refractivity contribution in [3.63, 3.8) is 0 Å². The van der Waals surface area contributed by atoms with Gasteiger partial charge in [-0.25, -0.2) is 13.6 Å². The number of nitrogens with one attached hydrogen (secondary N) is 2. The van der Waals surface area contributed by atoms with Crippen LogP contribution < -0.4 is 10.6 Å². The Kier molecular flexibility index (Phi) is 7.94. The first-order chi connectivity index (χ1) is 13.4. The number of thioether (sulfide) groups is 1. The van der Waals surface area contributed by atoms with E-state index in [-0.39, 0.29) is 12.2 Å². The summed E-state index contributed by atoms with van der Waals surface area (Å²) in [4.78, 5) is 36.3. The van der Waals surface area contributed by atoms with Crippen LogP contribution in [0.5, 0.6) is 0 Å². The van der Waals surface area contributed by atoms with Gasteiger partial charge >= 0.3 is 12.0 Å². The SMILES string of the molecule is CNC(=O)NC(=O)[C@H](OC(=O)CCSc1ccc(F)c(F)c1)c1ccccc1. The molecule has 2 N–H and O–H groups in total. The minimum absolute atomic E-state index is 0.0692. The fourth-order valence-electron chi connectivity index (χ4n) is 2.15. The molecule has 2 aromatic rings. The van der Waals surface area contributed by atoms with Crippen LogP contribution in [0.1, 0.15) is 18.1 Å². The van der Waals surface area contributed by atoms with Gasteiger partial charge in [0.1, 0.15) is 0 Å². The molecule has 148 valence electrons. The summed E-state index contributed by atoms with van der Waals surface area (Å²) in [6.07, 6.45) is -1.36. The molecule has 0 spiro atoms. The van der Waals surface area contributed by atoms with Crippen LogP contribution in [0.25, 0.3) is 0 Å². The van der Waals surface area contributed by atoms with Gasteiger partial charge in [0.15, 0.2) is 11.6 Å². The summed E-state index contributed by atoms with van der Waals surface area (Å²) >= 11 is 1.15. The molecule has 0 bridgehead atoms. The smallest absolute Gasteiger partial charge is 0.321 e. The van der Waals surface area contributed by atoms with Gasteiger partial charge < -0.3 is 10.1 Å². The number of esters is 1. The maximum Gasteiger partial charge on any atom is 0.321 e. The Morgan fingerprint density at radius 1 is 1.07 bits per heavy atom. The number of benzene rings is 2. The van der Waals surface area contributed by atoms with Crippen molar-refractivity contribution in [3.8, 4) is 0 Å². The number of hydrogen-bond donors (Lipinski definition) is 2. The fraction of sp³-hybridized carbons (Fsp3) is 0.211. The molecular weight excluding hydrogens is 390 g/mol. The molecule has 9 heteroatoms. The molecule has 1 atom stereocenters. The van der Waals surface area contributed by atoms with E-state index >= 15 is 0 Å². The third-order valence-electron chi connectivity index (χ3n) is 3.52. The van der Waals surface area contributed by atoms with E-state index in [1.54, 1.807) is 30.3 Å². The maximum absolute atomic E-state index is 13.2. The number of carbonyl (C=O) groups is 3. The van der Waals surface area contributed by atoms with Gasteiger partial charge in [0.2, 0.25) is 6.10 Å². The van der Waals surface area contributed by atoms with Gasteiger partial charge in [0.05, 0.1) is 6.42 Å². The van der Waals surface area contributed by atoms with Gasteiger partial charge in [-0.3, -0.25) is 14.9 Å². The van der Waals surface area contributed by atoms with Gasteiger partial charge in [-0.05, 0) is 18.2 Å². The van der Waals surface area contributed by atoms with Crippen molar-refractivity contribution in [2.75, 3.05) is 12.8 Å². The van der Waals surface area contributed by atoms with Gasteiger partial charge in [-0.1, -0.05) is 30.3 Å². The first-order valence-electron chi connectivity index (χ1n) is 8.25. The van der Waals surface area contributed by atoms with Crippen LogP contribution >= 0.6 is 11.8 Å². The van der Waals surface area contributed by atoms with Crippen LogP contribution in [-0.2, 0) is 14.3 Å². The lowest BCUT2D eigenvalue weighted by Crippen LogP contribution is -2.41. The number of amides is 3. The Hall–Kier alpha value is -2.94. The van der Waals surface area contributed by atoms with Crippen LogP contribution in [0.4, 0.5) is 13.6 Å². The van der Waals surface area contributed by atoms with Crippen LogP contribution in [-0.4, -0.2) is 30.7 Å². The number of imide groups is 1. The Morgan fingerprint density at radius 2 is 1.79 bits per heavy atom. The number of halogens is 2. The van der Waals surface area contributed by atoms with Crippen molar-refractivity contribution in [2.24, 2.45) is 0 Å². The first kappa shape index (κ1) is 21.4. The molecule has 0 unspecified atom stereocenters. The van der Waals surface area contributed by atoms with Gasteiger partial charge in [-0.15, -0.1) is 11.8 Å². The van der Waals surface area contributed by atoms with Crippen molar-refractivity contribution >= 4 is 29.7 Å². The topological polar surface area (TPSA) is 84.5 Å². The second-order valence-corrected chi connectivity index (χ2v) is 6.69. The largest absolute Gasteiger partial charge is 0.447 e. The van der Waals surface area contributed by atoms with Gasteiger partial charge in [-0.2, -0.15) is 0 Å². The second-order valence-electron chi connectivity index (χ2n) is 5.52. The second kappa shape index (κ2) is 10.4. The minimum Gasteiger partial charge on any atom is -0.447 e. The zero-order chi connectivity index (χ0) is 20.5. The lowest BCUT2D eigenvalue weighted by Gasteiger charge is -2.17. The predicted octanol–water partition coefficient (Wildman–Crippen LogP) is 3.19. The normalized spacial score (nSPS) is 11.4. The van der Waals surface area contributed by atoms with Crippen molar-refractivity contribution in [1.29, 1.82) is 0 Å². The molecule has 28 heavy (non-hydrogen) atoms. The number of urea groups is 1. The third-order valence-corrected chi connectivity index (χ3v) is 4.52. The quantitative estimate of drug-likeness (QED) is 0.543. The highest BCUT2D eigenvalue weighted by Gasteiger charge is 2.26. The van der Waals surface area contributed by atoms with Crippen molar-refractivity contribution in [2.45, 2.75) is 17.4 Å². The fourth-order valence-corrected chi connectivity index (χ4v) is 3.01. The number of hydrogen-bond acceptors (Lipinski definition) is 5. The Labute approximate surface area is 164 Å². The van der Waals surface area contributed by atoms with Crippen LogP contribution in [0.3, 0.4) is 0 Å². The van der Waals surface area contributed by atoms with E-state index in [4.69, 9.17) is 4.74 Å². The third kappa shape index (κ3) is 6.34. The molecule has 0 aliphatic heterocycles. The number of ether oxygens (including phenoxy) is 1. The molecule has 0 aromatic heterocycles. The average molecular weight is 408 g/mol. The van der Waals surface area contributed by atoms with Crippen molar-refractivity contribution in [3.05, 3.63) is 65.7 Å². The number of rotatable bonds is 7. The molecule has 0 fully saturated rings. The van der Waals surface area contributed by atoms with E-state index in [9.17, 15) is 23.2 Å². The summed E-state index contributed by atoms with van der Waals surface area (Å²) in [7, 11) is 1.35. The molecule has 0 aliphatic rings. The Balaban J connectivity index is 1.96. The van der Waals surface area contributed by atoms with E-state index in [2.05, 4.69) is 10.6 Å². The molecule has 0 heterocycles. The highest BCUT2D eigenvalue weighted by molar-refractivity contribution is 7.99. The highest BCUT2D eigenvalue weighted by atomic mass is 32.2. The summed E-state index contributed by atoms with van der Waals surface area (Å²) in [5.74, 6) is -3.13. The summed E-state index contributed by atoms with van der Waals surface area (Å²) < 4.78 is 31.4. The van der Waals surface area contributed by atoms with Crippen LogP contribution in [0, 0.1) is 11.6 Å². The lowest BCUT2D eigenvalue weighted by molar-refractivity contribution is -0.155. The summed E-state index contributed by atoms with van der Waals surface area (Å²) in [5.41, 5.74) is 0.408. The highest BCUT2D eigenvalue weighted by Crippen LogP contribution is 2.23. The van der Waals surface area contributed by atoms with E-state index in [1.807, 2.05) is 0 Å². The molecule has 0 aliphatic carbocycles. The molecule has 0 saturated heterocycles. The Bertz CT molecular complexity index is 849. The van der Waals surface area contributed by atoms with Crippen molar-refractivity contribution < 1.29 is 27.9 Å².